The zero-order valence-corrected chi connectivity index (χ0v) is 9.48. The van der Waals surface area contributed by atoms with E-state index in [9.17, 15) is 4.79 Å². The number of carbonyl (C=O) groups is 1. The predicted octanol–water partition coefficient (Wildman–Crippen LogP) is 0.702. The zero-order chi connectivity index (χ0) is 9.97. The number of thioether (sulfide) groups is 1. The van der Waals surface area contributed by atoms with E-state index in [1.807, 2.05) is 11.8 Å². The highest BCUT2D eigenvalue weighted by Crippen LogP contribution is 2.28. The number of carbonyl (C=O) groups excluding carboxylic acids is 1. The molecule has 0 radical (unpaired) electrons. The summed E-state index contributed by atoms with van der Waals surface area (Å²) < 4.78 is 0. The van der Waals surface area contributed by atoms with Gasteiger partial charge in [-0.05, 0) is 25.5 Å². The van der Waals surface area contributed by atoms with Gasteiger partial charge in [0, 0.05) is 25.7 Å². The first-order valence-electron chi connectivity index (χ1n) is 5.42. The summed E-state index contributed by atoms with van der Waals surface area (Å²) in [5.74, 6) is 1.54. The van der Waals surface area contributed by atoms with Crippen LogP contribution in [0.5, 0.6) is 0 Å². The first-order valence-corrected chi connectivity index (χ1v) is 6.46. The van der Waals surface area contributed by atoms with E-state index in [-0.39, 0.29) is 5.25 Å². The topological polar surface area (TPSA) is 32.3 Å². The van der Waals surface area contributed by atoms with Gasteiger partial charge in [0.2, 0.25) is 5.91 Å². The van der Waals surface area contributed by atoms with Gasteiger partial charge in [-0.15, -0.1) is 11.8 Å². The van der Waals surface area contributed by atoms with Crippen molar-refractivity contribution in [2.24, 2.45) is 0 Å². The molecular formula is C10H18N2OS. The van der Waals surface area contributed by atoms with Gasteiger partial charge >= 0.3 is 0 Å². The fraction of sp³-hybridized carbons (Fsp3) is 0.900. The first kappa shape index (κ1) is 10.3. The molecule has 0 aliphatic carbocycles. The average Bonchev–Trinajstić information content (AvgIpc) is 2.70. The van der Waals surface area contributed by atoms with Gasteiger partial charge in [0.15, 0.2) is 0 Å². The van der Waals surface area contributed by atoms with Crippen LogP contribution in [0, 0.1) is 0 Å². The van der Waals surface area contributed by atoms with E-state index in [0.29, 0.717) is 11.9 Å². The molecule has 0 spiro atoms. The van der Waals surface area contributed by atoms with Crippen LogP contribution in [0.2, 0.25) is 0 Å². The van der Waals surface area contributed by atoms with Gasteiger partial charge in [-0.1, -0.05) is 0 Å². The number of piperazine rings is 1. The highest BCUT2D eigenvalue weighted by molar-refractivity contribution is 8.00. The minimum Gasteiger partial charge on any atom is -0.336 e. The monoisotopic (exact) mass is 214 g/mol. The Morgan fingerprint density at radius 2 is 2.43 bits per heavy atom. The molecule has 2 atom stereocenters. The number of nitrogens with zero attached hydrogens (tertiary/aromatic N) is 1. The van der Waals surface area contributed by atoms with Crippen LogP contribution >= 0.6 is 11.8 Å². The molecule has 1 unspecified atom stereocenters. The van der Waals surface area contributed by atoms with Crippen LogP contribution in [0.15, 0.2) is 0 Å². The van der Waals surface area contributed by atoms with E-state index >= 15 is 0 Å². The van der Waals surface area contributed by atoms with Crippen LogP contribution < -0.4 is 5.32 Å². The largest absolute Gasteiger partial charge is 0.336 e. The lowest BCUT2D eigenvalue weighted by Crippen LogP contribution is -2.54. The molecule has 3 nitrogen and oxygen atoms in total. The van der Waals surface area contributed by atoms with Crippen molar-refractivity contribution in [3.05, 3.63) is 0 Å². The Hall–Kier alpha value is -0.220. The van der Waals surface area contributed by atoms with Crippen LogP contribution in [-0.2, 0) is 4.79 Å². The van der Waals surface area contributed by atoms with Gasteiger partial charge < -0.3 is 10.2 Å². The summed E-state index contributed by atoms with van der Waals surface area (Å²) >= 11 is 1.83. The Kier molecular flexibility index (Phi) is 3.34. The normalized spacial score (nSPS) is 33.4. The van der Waals surface area contributed by atoms with Crippen LogP contribution in [-0.4, -0.2) is 47.5 Å². The molecule has 0 aromatic carbocycles. The van der Waals surface area contributed by atoms with Crippen LogP contribution in [0.1, 0.15) is 19.8 Å². The highest BCUT2D eigenvalue weighted by atomic mass is 32.2. The van der Waals surface area contributed by atoms with Crippen LogP contribution in [0.4, 0.5) is 0 Å². The molecule has 0 bridgehead atoms. The van der Waals surface area contributed by atoms with Gasteiger partial charge in [0.25, 0.3) is 0 Å². The average molecular weight is 214 g/mol. The molecular weight excluding hydrogens is 196 g/mol. The fourth-order valence-electron chi connectivity index (χ4n) is 2.13. The molecule has 2 fully saturated rings. The third-order valence-electron chi connectivity index (χ3n) is 2.99. The molecule has 4 heteroatoms. The van der Waals surface area contributed by atoms with Crippen molar-refractivity contribution in [1.82, 2.24) is 10.2 Å². The second-order valence-corrected chi connectivity index (χ2v) is 5.40. The van der Waals surface area contributed by atoms with Gasteiger partial charge in [0.05, 0.1) is 5.25 Å². The summed E-state index contributed by atoms with van der Waals surface area (Å²) in [6.45, 7) is 4.91. The van der Waals surface area contributed by atoms with Gasteiger partial charge in [-0.3, -0.25) is 4.79 Å². The molecule has 0 aromatic heterocycles. The number of hydrogen-bond donors (Lipinski definition) is 1. The Morgan fingerprint density at radius 1 is 1.57 bits per heavy atom. The first-order chi connectivity index (χ1) is 6.79. The maximum absolute atomic E-state index is 12.1. The Labute approximate surface area is 89.6 Å². The summed E-state index contributed by atoms with van der Waals surface area (Å²) in [4.78, 5) is 14.1. The third kappa shape index (κ3) is 2.06. The van der Waals surface area contributed by atoms with Gasteiger partial charge in [0.1, 0.15) is 0 Å². The summed E-state index contributed by atoms with van der Waals surface area (Å²) in [6.07, 6.45) is 2.29. The van der Waals surface area contributed by atoms with E-state index in [4.69, 9.17) is 0 Å². The summed E-state index contributed by atoms with van der Waals surface area (Å²) in [7, 11) is 0. The van der Waals surface area contributed by atoms with Crippen molar-refractivity contribution in [1.29, 1.82) is 0 Å². The third-order valence-corrected chi connectivity index (χ3v) is 4.35. The summed E-state index contributed by atoms with van der Waals surface area (Å²) in [5, 5.41) is 3.57. The number of nitrogens with one attached hydrogen (secondary N) is 1. The van der Waals surface area contributed by atoms with Gasteiger partial charge in [-0.2, -0.15) is 0 Å². The molecule has 2 aliphatic rings. The SMILES string of the molecule is C[C@@H]1CNCCN1C(=O)C1CCCS1. The lowest BCUT2D eigenvalue weighted by Gasteiger charge is -2.35. The van der Waals surface area contributed by atoms with E-state index in [2.05, 4.69) is 17.1 Å². The van der Waals surface area contributed by atoms with E-state index in [0.717, 1.165) is 31.8 Å². The maximum atomic E-state index is 12.1. The maximum Gasteiger partial charge on any atom is 0.236 e. The summed E-state index contributed by atoms with van der Waals surface area (Å²) in [5.41, 5.74) is 0. The number of rotatable bonds is 1. The lowest BCUT2D eigenvalue weighted by atomic mass is 10.1. The Morgan fingerprint density at radius 3 is 3.07 bits per heavy atom. The standard InChI is InChI=1S/C10H18N2OS/c1-8-7-11-4-5-12(8)10(13)9-3-2-6-14-9/h8-9,11H,2-7H2,1H3/t8-,9?/m1/s1. The quantitative estimate of drug-likeness (QED) is 0.697. The van der Waals surface area contributed by atoms with Crippen molar-refractivity contribution in [2.45, 2.75) is 31.1 Å². The molecule has 2 aliphatic heterocycles. The Balaban J connectivity index is 1.94. The molecule has 0 saturated carbocycles. The number of hydrogen-bond acceptors (Lipinski definition) is 3. The highest BCUT2D eigenvalue weighted by Gasteiger charge is 2.31. The molecule has 2 heterocycles. The summed E-state index contributed by atoms with van der Waals surface area (Å²) in [6, 6.07) is 0.373. The number of amides is 1. The van der Waals surface area contributed by atoms with Gasteiger partial charge in [-0.25, -0.2) is 0 Å². The van der Waals surface area contributed by atoms with E-state index in [1.54, 1.807) is 0 Å². The smallest absolute Gasteiger partial charge is 0.236 e. The molecule has 2 rings (SSSR count). The van der Waals surface area contributed by atoms with Crippen LogP contribution in [0.25, 0.3) is 0 Å². The molecule has 14 heavy (non-hydrogen) atoms. The van der Waals surface area contributed by atoms with Crippen molar-refractivity contribution in [2.75, 3.05) is 25.4 Å². The van der Waals surface area contributed by atoms with Crippen molar-refractivity contribution in [3.63, 3.8) is 0 Å². The fourth-order valence-corrected chi connectivity index (χ4v) is 3.35. The molecule has 1 amide bonds. The second-order valence-electron chi connectivity index (χ2n) is 4.09. The minimum atomic E-state index is 0.260. The van der Waals surface area contributed by atoms with E-state index < -0.39 is 0 Å². The minimum absolute atomic E-state index is 0.260. The van der Waals surface area contributed by atoms with Crippen molar-refractivity contribution < 1.29 is 4.79 Å². The predicted molar refractivity (Wildman–Crippen MR) is 59.5 cm³/mol. The molecule has 1 N–H and O–H groups in total. The lowest BCUT2D eigenvalue weighted by molar-refractivity contribution is -0.133. The van der Waals surface area contributed by atoms with Crippen molar-refractivity contribution >= 4 is 17.7 Å². The molecule has 0 aromatic rings. The molecule has 2 saturated heterocycles. The molecule has 80 valence electrons. The van der Waals surface area contributed by atoms with Crippen molar-refractivity contribution in [3.8, 4) is 0 Å². The van der Waals surface area contributed by atoms with E-state index in [1.165, 1.54) is 6.42 Å². The zero-order valence-electron chi connectivity index (χ0n) is 8.66. The second kappa shape index (κ2) is 4.53. The Bertz CT molecular complexity index is 216. The van der Waals surface area contributed by atoms with Crippen LogP contribution in [0.3, 0.4) is 0 Å².